The van der Waals surface area contributed by atoms with Gasteiger partial charge in [-0.1, -0.05) is 0 Å². The Kier molecular flexibility index (Phi) is 3.42. The van der Waals surface area contributed by atoms with Gasteiger partial charge in [-0.15, -0.1) is 0 Å². The molecular weight excluding hydrogens is 244 g/mol. The molecule has 0 bridgehead atoms. The molecule has 0 saturated carbocycles. The van der Waals surface area contributed by atoms with Crippen molar-refractivity contribution >= 4 is 16.8 Å². The summed E-state index contributed by atoms with van der Waals surface area (Å²) in [6.45, 7) is 6.93. The van der Waals surface area contributed by atoms with E-state index in [2.05, 4.69) is 0 Å². The van der Waals surface area contributed by atoms with Gasteiger partial charge in [0.2, 0.25) is 0 Å². The molecule has 0 unspecified atom stereocenters. The van der Waals surface area contributed by atoms with E-state index in [0.29, 0.717) is 16.9 Å². The third-order valence-corrected chi connectivity index (χ3v) is 3.25. The fraction of sp³-hybridized carbons (Fsp3) is 0.333. The van der Waals surface area contributed by atoms with Crippen LogP contribution in [0, 0.1) is 20.8 Å². The molecular formula is C15H16O4. The first-order valence-electron chi connectivity index (χ1n) is 6.07. The summed E-state index contributed by atoms with van der Waals surface area (Å²) in [4.78, 5) is 22.7. The molecule has 4 nitrogen and oxygen atoms in total. The number of Topliss-reactive ketones (excluding diaryl/α,β-unsaturated/α-hetero) is 1. The molecule has 1 aromatic carbocycles. The van der Waals surface area contributed by atoms with Crippen molar-refractivity contribution in [2.24, 2.45) is 0 Å². The Labute approximate surface area is 111 Å². The highest BCUT2D eigenvalue weighted by Crippen LogP contribution is 2.29. The molecule has 0 fully saturated rings. The van der Waals surface area contributed by atoms with Crippen molar-refractivity contribution in [3.63, 3.8) is 0 Å². The van der Waals surface area contributed by atoms with Gasteiger partial charge in [-0.25, -0.2) is 4.79 Å². The van der Waals surface area contributed by atoms with E-state index >= 15 is 0 Å². The van der Waals surface area contributed by atoms with Crippen molar-refractivity contribution < 1.29 is 13.9 Å². The van der Waals surface area contributed by atoms with E-state index in [-0.39, 0.29) is 18.0 Å². The van der Waals surface area contributed by atoms with E-state index in [4.69, 9.17) is 9.15 Å². The van der Waals surface area contributed by atoms with E-state index < -0.39 is 0 Å². The smallest absolute Gasteiger partial charge is 0.339 e. The largest absolute Gasteiger partial charge is 0.485 e. The van der Waals surface area contributed by atoms with E-state index in [1.165, 1.54) is 6.92 Å². The van der Waals surface area contributed by atoms with Gasteiger partial charge in [-0.3, -0.25) is 4.79 Å². The van der Waals surface area contributed by atoms with Gasteiger partial charge >= 0.3 is 5.63 Å². The summed E-state index contributed by atoms with van der Waals surface area (Å²) in [6, 6.07) is 3.65. The Balaban J connectivity index is 2.62. The van der Waals surface area contributed by atoms with Crippen LogP contribution in [-0.4, -0.2) is 12.4 Å². The van der Waals surface area contributed by atoms with Crippen LogP contribution in [0.15, 0.2) is 21.3 Å². The zero-order valence-corrected chi connectivity index (χ0v) is 11.5. The number of carbonyl (C=O) groups excluding carboxylic acids is 1. The normalized spacial score (nSPS) is 10.7. The molecule has 19 heavy (non-hydrogen) atoms. The fourth-order valence-electron chi connectivity index (χ4n) is 1.96. The van der Waals surface area contributed by atoms with Crippen molar-refractivity contribution in [3.05, 3.63) is 39.2 Å². The minimum Gasteiger partial charge on any atom is -0.485 e. The van der Waals surface area contributed by atoms with Crippen LogP contribution in [0.2, 0.25) is 0 Å². The highest BCUT2D eigenvalue weighted by atomic mass is 16.5. The van der Waals surface area contributed by atoms with Gasteiger partial charge < -0.3 is 9.15 Å². The minimum absolute atomic E-state index is 0.0153. The number of rotatable bonds is 3. The van der Waals surface area contributed by atoms with Crippen LogP contribution in [0.1, 0.15) is 23.6 Å². The predicted octanol–water partition coefficient (Wildman–Crippen LogP) is 2.69. The number of ether oxygens (including phenoxy) is 1. The molecule has 0 aliphatic rings. The number of hydrogen-bond donors (Lipinski definition) is 0. The van der Waals surface area contributed by atoms with Crippen LogP contribution >= 0.6 is 0 Å². The lowest BCUT2D eigenvalue weighted by Gasteiger charge is -2.11. The van der Waals surface area contributed by atoms with Gasteiger partial charge in [-0.2, -0.15) is 0 Å². The molecule has 0 atom stereocenters. The first-order valence-corrected chi connectivity index (χ1v) is 6.07. The van der Waals surface area contributed by atoms with Crippen molar-refractivity contribution in [2.45, 2.75) is 27.7 Å². The van der Waals surface area contributed by atoms with Crippen LogP contribution in [0.25, 0.3) is 11.0 Å². The second-order valence-corrected chi connectivity index (χ2v) is 4.70. The SMILES string of the molecule is CC(=O)COc1ccc2c(C)c(C)c(=O)oc2c1C. The lowest BCUT2D eigenvalue weighted by atomic mass is 10.0. The molecule has 1 heterocycles. The van der Waals surface area contributed by atoms with Gasteiger partial charge in [0.15, 0.2) is 5.78 Å². The summed E-state index contributed by atoms with van der Waals surface area (Å²) >= 11 is 0. The monoisotopic (exact) mass is 260 g/mol. The van der Waals surface area contributed by atoms with Gasteiger partial charge in [0.1, 0.15) is 17.9 Å². The molecule has 2 rings (SSSR count). The van der Waals surface area contributed by atoms with Gasteiger partial charge in [0.25, 0.3) is 0 Å². The molecule has 0 N–H and O–H groups in total. The standard InChI is InChI=1S/C15H16O4/c1-8(16)7-18-13-6-5-12-9(2)10(3)15(17)19-14(12)11(13)4/h5-6H,7H2,1-4H3. The topological polar surface area (TPSA) is 56.5 Å². The molecule has 0 spiro atoms. The Morgan fingerprint density at radius 2 is 1.84 bits per heavy atom. The van der Waals surface area contributed by atoms with Gasteiger partial charge in [0, 0.05) is 16.5 Å². The highest BCUT2D eigenvalue weighted by Gasteiger charge is 2.12. The lowest BCUT2D eigenvalue weighted by Crippen LogP contribution is -2.09. The Bertz CT molecular complexity index is 710. The molecule has 1 aromatic heterocycles. The summed E-state index contributed by atoms with van der Waals surface area (Å²) in [5.74, 6) is 0.509. The molecule has 0 amide bonds. The van der Waals surface area contributed by atoms with Gasteiger partial charge in [-0.05, 0) is 45.4 Å². The van der Waals surface area contributed by atoms with Crippen LogP contribution in [0.5, 0.6) is 5.75 Å². The number of ketones is 1. The summed E-state index contributed by atoms with van der Waals surface area (Å²) in [5.41, 5.74) is 2.45. The summed E-state index contributed by atoms with van der Waals surface area (Å²) in [5, 5.41) is 0.893. The second kappa shape index (κ2) is 4.88. The molecule has 0 aliphatic heterocycles. The van der Waals surface area contributed by atoms with Crippen LogP contribution < -0.4 is 10.4 Å². The fourth-order valence-corrected chi connectivity index (χ4v) is 1.96. The molecule has 0 radical (unpaired) electrons. The number of hydrogen-bond acceptors (Lipinski definition) is 4. The summed E-state index contributed by atoms with van der Waals surface area (Å²) < 4.78 is 10.7. The van der Waals surface area contributed by atoms with E-state index in [1.807, 2.05) is 19.9 Å². The number of aryl methyl sites for hydroxylation is 2. The molecule has 0 aliphatic carbocycles. The molecule has 4 heteroatoms. The van der Waals surface area contributed by atoms with Crippen LogP contribution in [-0.2, 0) is 4.79 Å². The van der Waals surface area contributed by atoms with Crippen molar-refractivity contribution in [1.82, 2.24) is 0 Å². The average molecular weight is 260 g/mol. The number of carbonyl (C=O) groups is 1. The first kappa shape index (κ1) is 13.3. The molecule has 100 valence electrons. The summed E-state index contributed by atoms with van der Waals surface area (Å²) in [7, 11) is 0. The third-order valence-electron chi connectivity index (χ3n) is 3.25. The number of benzene rings is 1. The average Bonchev–Trinajstić information content (AvgIpc) is 2.36. The summed E-state index contributed by atoms with van der Waals surface area (Å²) in [6.07, 6.45) is 0. The van der Waals surface area contributed by atoms with E-state index in [0.717, 1.165) is 16.5 Å². The van der Waals surface area contributed by atoms with E-state index in [9.17, 15) is 9.59 Å². The van der Waals surface area contributed by atoms with E-state index in [1.54, 1.807) is 13.0 Å². The first-order chi connectivity index (χ1) is 8.91. The highest BCUT2D eigenvalue weighted by molar-refractivity contribution is 5.85. The second-order valence-electron chi connectivity index (χ2n) is 4.70. The maximum atomic E-state index is 11.7. The number of fused-ring (bicyclic) bond motifs is 1. The third kappa shape index (κ3) is 2.38. The van der Waals surface area contributed by atoms with Crippen LogP contribution in [0.3, 0.4) is 0 Å². The minimum atomic E-state index is -0.336. The molecule has 2 aromatic rings. The quantitative estimate of drug-likeness (QED) is 0.796. The Hall–Kier alpha value is -2.10. The molecule has 0 saturated heterocycles. The zero-order valence-electron chi connectivity index (χ0n) is 11.5. The zero-order chi connectivity index (χ0) is 14.2. The Morgan fingerprint density at radius 1 is 1.16 bits per heavy atom. The maximum Gasteiger partial charge on any atom is 0.339 e. The van der Waals surface area contributed by atoms with Crippen LogP contribution in [0.4, 0.5) is 0 Å². The maximum absolute atomic E-state index is 11.7. The van der Waals surface area contributed by atoms with Gasteiger partial charge in [0.05, 0.1) is 0 Å². The Morgan fingerprint density at radius 3 is 2.47 bits per heavy atom. The van der Waals surface area contributed by atoms with Crippen molar-refractivity contribution in [2.75, 3.05) is 6.61 Å². The predicted molar refractivity (Wildman–Crippen MR) is 72.9 cm³/mol. The lowest BCUT2D eigenvalue weighted by molar-refractivity contribution is -0.118. The van der Waals surface area contributed by atoms with Crippen molar-refractivity contribution in [1.29, 1.82) is 0 Å². The van der Waals surface area contributed by atoms with Crippen molar-refractivity contribution in [3.8, 4) is 5.75 Å².